The van der Waals surface area contributed by atoms with Crippen molar-refractivity contribution in [2.45, 2.75) is 31.0 Å². The van der Waals surface area contributed by atoms with Crippen LogP contribution in [0.25, 0.3) is 11.2 Å². The first-order chi connectivity index (χ1) is 16.6. The zero-order valence-corrected chi connectivity index (χ0v) is 21.9. The SMILES string of the molecule is Nc1nc2c(ncn2C2OC(COP(=O)(O)OP(=O)(O)NP(=O)(O)OCCCP)C(O)C2O)c(=O)[nH]1. The van der Waals surface area contributed by atoms with Gasteiger partial charge in [0.2, 0.25) is 5.95 Å². The molecule has 0 spiro atoms. The summed E-state index contributed by atoms with van der Waals surface area (Å²) in [6.07, 6.45) is -4.35. The lowest BCUT2D eigenvalue weighted by molar-refractivity contribution is -0.0501. The summed E-state index contributed by atoms with van der Waals surface area (Å²) < 4.78 is 55.6. The van der Waals surface area contributed by atoms with Gasteiger partial charge in [0, 0.05) is 0 Å². The number of aromatic nitrogens is 4. The van der Waals surface area contributed by atoms with Gasteiger partial charge in [-0.15, -0.1) is 14.1 Å². The Balaban J connectivity index is 1.65. The first-order valence-electron chi connectivity index (χ1n) is 9.87. The summed E-state index contributed by atoms with van der Waals surface area (Å²) in [4.78, 5) is 52.1. The fourth-order valence-electron chi connectivity index (χ4n) is 3.04. The molecule has 0 aromatic carbocycles. The largest absolute Gasteiger partial charge is 0.480 e. The van der Waals surface area contributed by atoms with Gasteiger partial charge in [0.05, 0.1) is 19.5 Å². The average Bonchev–Trinajstić information content (AvgIpc) is 3.26. The summed E-state index contributed by atoms with van der Waals surface area (Å²) in [6, 6.07) is 0. The minimum Gasteiger partial charge on any atom is -0.387 e. The fraction of sp³-hybridized carbons (Fsp3) is 0.615. The number of aliphatic hydroxyl groups excluding tert-OH is 2. The zero-order chi connectivity index (χ0) is 26.9. The Bertz CT molecular complexity index is 1290. The van der Waals surface area contributed by atoms with Gasteiger partial charge in [-0.1, -0.05) is 0 Å². The van der Waals surface area contributed by atoms with E-state index in [1.807, 2.05) is 0 Å². The summed E-state index contributed by atoms with van der Waals surface area (Å²) in [5.74, 6) is -0.259. The molecule has 2 aromatic heterocycles. The van der Waals surface area contributed by atoms with Gasteiger partial charge in [0.15, 0.2) is 17.4 Å². The number of hydrogen-bond donors (Lipinski definition) is 8. The number of anilines is 1. The number of nitrogens with one attached hydrogen (secondary N) is 2. The fourth-order valence-corrected chi connectivity index (χ4v) is 7.20. The van der Waals surface area contributed by atoms with E-state index in [9.17, 15) is 43.4 Å². The van der Waals surface area contributed by atoms with Crippen LogP contribution in [-0.4, -0.2) is 82.1 Å². The number of nitrogens with zero attached hydrogens (tertiary/aromatic N) is 3. The molecular formula is C13H24N6O13P4. The molecule has 23 heteroatoms. The third-order valence-corrected chi connectivity index (χ3v) is 9.69. The molecular weight excluding hydrogens is 572 g/mol. The highest BCUT2D eigenvalue weighted by molar-refractivity contribution is 7.71. The van der Waals surface area contributed by atoms with Gasteiger partial charge in [-0.05, 0) is 12.6 Å². The van der Waals surface area contributed by atoms with Crippen molar-refractivity contribution < 1.29 is 56.7 Å². The van der Waals surface area contributed by atoms with Crippen molar-refractivity contribution in [3.8, 4) is 0 Å². The van der Waals surface area contributed by atoms with Gasteiger partial charge in [-0.2, -0.15) is 9.29 Å². The Morgan fingerprint density at radius 1 is 1.19 bits per heavy atom. The molecule has 3 rings (SSSR count). The van der Waals surface area contributed by atoms with Crippen LogP contribution in [-0.2, 0) is 31.8 Å². The van der Waals surface area contributed by atoms with Gasteiger partial charge in [-0.25, -0.2) is 18.7 Å². The van der Waals surface area contributed by atoms with Crippen molar-refractivity contribution in [1.29, 1.82) is 0 Å². The summed E-state index contributed by atoms with van der Waals surface area (Å²) in [5, 5.41) is 20.6. The van der Waals surface area contributed by atoms with Crippen LogP contribution in [0.1, 0.15) is 12.6 Å². The maximum atomic E-state index is 12.1. The Morgan fingerprint density at radius 3 is 2.56 bits per heavy atom. The molecule has 0 amide bonds. The van der Waals surface area contributed by atoms with Crippen molar-refractivity contribution in [2.75, 3.05) is 25.1 Å². The highest BCUT2D eigenvalue weighted by Gasteiger charge is 2.46. The van der Waals surface area contributed by atoms with Crippen LogP contribution in [0.15, 0.2) is 11.1 Å². The first-order valence-corrected chi connectivity index (χ1v) is 15.3. The van der Waals surface area contributed by atoms with Crippen molar-refractivity contribution in [1.82, 2.24) is 24.4 Å². The minimum absolute atomic E-state index is 0.0918. The lowest BCUT2D eigenvalue weighted by atomic mass is 10.1. The monoisotopic (exact) mass is 596 g/mol. The normalized spacial score (nSPS) is 27.5. The third-order valence-electron chi connectivity index (χ3n) is 4.55. The molecule has 204 valence electrons. The summed E-state index contributed by atoms with van der Waals surface area (Å²) in [5.41, 5.74) is 4.60. The molecule has 1 aliphatic rings. The van der Waals surface area contributed by atoms with Gasteiger partial charge < -0.3 is 35.4 Å². The predicted molar refractivity (Wildman–Crippen MR) is 123 cm³/mol. The zero-order valence-electron chi connectivity index (χ0n) is 18.1. The van der Waals surface area contributed by atoms with Gasteiger partial charge >= 0.3 is 23.3 Å². The Hall–Kier alpha value is -1.13. The van der Waals surface area contributed by atoms with E-state index in [1.165, 1.54) is 4.86 Å². The molecule has 36 heavy (non-hydrogen) atoms. The van der Waals surface area contributed by atoms with E-state index in [0.29, 0.717) is 12.6 Å². The van der Waals surface area contributed by atoms with E-state index in [-0.39, 0.29) is 23.7 Å². The number of fused-ring (bicyclic) bond motifs is 1. The van der Waals surface area contributed by atoms with E-state index in [1.54, 1.807) is 0 Å². The number of H-pyrrole nitrogens is 1. The summed E-state index contributed by atoms with van der Waals surface area (Å²) in [6.45, 7) is -1.21. The number of aromatic amines is 1. The quantitative estimate of drug-likeness (QED) is 0.102. The van der Waals surface area contributed by atoms with Crippen molar-refractivity contribution >= 4 is 49.7 Å². The third kappa shape index (κ3) is 7.25. The number of nitrogen functional groups attached to an aromatic ring is 1. The molecule has 8 unspecified atom stereocenters. The first kappa shape index (κ1) is 29.4. The number of phosphoric acid groups is 1. The van der Waals surface area contributed by atoms with Crippen molar-refractivity contribution in [3.05, 3.63) is 16.7 Å². The second kappa shape index (κ2) is 11.3. The lowest BCUT2D eigenvalue weighted by Crippen LogP contribution is -2.33. The number of rotatable bonds is 12. The van der Waals surface area contributed by atoms with Crippen molar-refractivity contribution in [3.63, 3.8) is 0 Å². The van der Waals surface area contributed by atoms with Gasteiger partial charge in [0.1, 0.15) is 18.3 Å². The smallest absolute Gasteiger partial charge is 0.387 e. The Kier molecular flexibility index (Phi) is 9.25. The van der Waals surface area contributed by atoms with Gasteiger partial charge in [0.25, 0.3) is 5.56 Å². The predicted octanol–water partition coefficient (Wildman–Crippen LogP) is -1.47. The van der Waals surface area contributed by atoms with Crippen LogP contribution in [0, 0.1) is 0 Å². The molecule has 9 N–H and O–H groups in total. The lowest BCUT2D eigenvalue weighted by Gasteiger charge is -2.21. The number of imidazole rings is 1. The molecule has 1 saturated heterocycles. The van der Waals surface area contributed by atoms with Crippen molar-refractivity contribution in [2.24, 2.45) is 0 Å². The maximum Gasteiger partial charge on any atom is 0.480 e. The summed E-state index contributed by atoms with van der Waals surface area (Å²) in [7, 11) is -13.4. The Labute approximate surface area is 203 Å². The van der Waals surface area contributed by atoms with Crippen LogP contribution in [0.5, 0.6) is 0 Å². The number of phosphoric ester groups is 1. The highest BCUT2D eigenvalue weighted by Crippen LogP contribution is 2.62. The van der Waals surface area contributed by atoms with Crippen LogP contribution < -0.4 is 16.2 Å². The molecule has 1 aliphatic heterocycles. The topological polar surface area (TPSA) is 291 Å². The molecule has 0 saturated carbocycles. The van der Waals surface area contributed by atoms with Crippen LogP contribution >= 0.6 is 32.6 Å². The molecule has 2 aromatic rings. The maximum absolute atomic E-state index is 12.1. The second-order valence-electron chi connectivity index (χ2n) is 7.28. The van der Waals surface area contributed by atoms with E-state index in [2.05, 4.69) is 37.5 Å². The molecule has 0 radical (unpaired) electrons. The Morgan fingerprint density at radius 2 is 1.89 bits per heavy atom. The summed E-state index contributed by atoms with van der Waals surface area (Å²) >= 11 is 0. The van der Waals surface area contributed by atoms with Crippen LogP contribution in [0.4, 0.5) is 5.95 Å². The standard InChI is InChI=1S/C13H24N6O13P4/c14-13-16-10-7(11(22)17-13)15-5-19(10)12-9(21)8(20)6(31-12)4-30-36(27,28)32-35(25,26)18-34(23,24)29-2-1-3-33/h5-6,8-9,12,20-21H,1-4,33H2,(H,27,28)(H3,14,16,17,22)(H3,18,23,24,25,26). The van der Waals surface area contributed by atoms with E-state index >= 15 is 0 Å². The molecule has 0 aliphatic carbocycles. The molecule has 1 fully saturated rings. The van der Waals surface area contributed by atoms with E-state index in [4.69, 9.17) is 10.5 Å². The molecule has 3 heterocycles. The van der Waals surface area contributed by atoms with E-state index in [0.717, 1.165) is 10.9 Å². The van der Waals surface area contributed by atoms with Crippen LogP contribution in [0.3, 0.4) is 0 Å². The molecule has 8 atom stereocenters. The number of aliphatic hydroxyl groups is 2. The number of nitrogens with two attached hydrogens (primary N) is 1. The van der Waals surface area contributed by atoms with E-state index < -0.39 is 60.0 Å². The minimum atomic E-state index is -5.41. The van der Waals surface area contributed by atoms with Crippen LogP contribution in [0.2, 0.25) is 0 Å². The molecule has 0 bridgehead atoms. The number of ether oxygens (including phenoxy) is 1. The highest BCUT2D eigenvalue weighted by atomic mass is 31.3. The van der Waals surface area contributed by atoms with Gasteiger partial charge in [-0.3, -0.25) is 23.4 Å². The second-order valence-corrected chi connectivity index (χ2v) is 12.8. The molecule has 19 nitrogen and oxygen atoms in total. The number of hydrogen-bond acceptors (Lipinski definition) is 13. The average molecular weight is 596 g/mol.